The molecule has 134 valence electrons. The van der Waals surface area contributed by atoms with Crippen LogP contribution in [0.1, 0.15) is 19.4 Å². The molecule has 0 aromatic heterocycles. The van der Waals surface area contributed by atoms with Crippen LogP contribution in [0.4, 0.5) is 5.69 Å². The lowest BCUT2D eigenvalue weighted by Crippen LogP contribution is -2.32. The molecular weight excluding hydrogens is 364 g/mol. The first-order valence-corrected chi connectivity index (χ1v) is 11.7. The average Bonchev–Trinajstić information content (AvgIpc) is 2.58. The monoisotopic (exact) mass is 388 g/mol. The second-order valence-corrected chi connectivity index (χ2v) is 9.86. The van der Waals surface area contributed by atoms with Crippen LogP contribution in [-0.2, 0) is 14.8 Å². The zero-order valence-corrected chi connectivity index (χ0v) is 16.7. The minimum Gasteiger partial charge on any atom is -0.325 e. The molecule has 0 saturated carbocycles. The van der Waals surface area contributed by atoms with Crippen LogP contribution in [0, 0.1) is 6.92 Å². The second kappa shape index (κ2) is 8.60. The summed E-state index contributed by atoms with van der Waals surface area (Å²) in [7, 11) is -3.54. The smallest absolute Gasteiger partial charge is 0.243 e. The summed E-state index contributed by atoms with van der Waals surface area (Å²) in [5.41, 5.74) is 1.22. The highest BCUT2D eigenvalue weighted by molar-refractivity contribution is 8.07. The van der Waals surface area contributed by atoms with Gasteiger partial charge in [-0.2, -0.15) is 16.1 Å². The molecule has 8 heteroatoms. The van der Waals surface area contributed by atoms with Gasteiger partial charge in [0.25, 0.3) is 0 Å². The minimum absolute atomic E-state index is 0.0535. The van der Waals surface area contributed by atoms with Crippen molar-refractivity contribution in [3.05, 3.63) is 23.8 Å². The third-order valence-electron chi connectivity index (χ3n) is 3.89. The number of aryl methyl sites for hydroxylation is 1. The summed E-state index contributed by atoms with van der Waals surface area (Å²) in [6.45, 7) is 6.26. The van der Waals surface area contributed by atoms with Crippen LogP contribution in [0.25, 0.3) is 0 Å². The predicted octanol–water partition coefficient (Wildman–Crippen LogP) is 2.81. The van der Waals surface area contributed by atoms with Crippen LogP contribution in [0.15, 0.2) is 23.1 Å². The van der Waals surface area contributed by atoms with Gasteiger partial charge in [0.1, 0.15) is 0 Å². The molecule has 1 amide bonds. The number of thioether (sulfide) groups is 2. The number of rotatable bonds is 6. The van der Waals surface area contributed by atoms with Crippen molar-refractivity contribution in [1.82, 2.24) is 4.31 Å². The molecule has 0 bridgehead atoms. The van der Waals surface area contributed by atoms with Gasteiger partial charge in [-0.1, -0.05) is 19.9 Å². The molecule has 1 unspecified atom stereocenters. The average molecular weight is 389 g/mol. The van der Waals surface area contributed by atoms with Gasteiger partial charge in [0, 0.05) is 36.0 Å². The first-order valence-electron chi connectivity index (χ1n) is 8.01. The second-order valence-electron chi connectivity index (χ2n) is 5.49. The van der Waals surface area contributed by atoms with E-state index in [2.05, 4.69) is 5.32 Å². The lowest BCUT2D eigenvalue weighted by molar-refractivity contribution is -0.115. The summed E-state index contributed by atoms with van der Waals surface area (Å²) in [6.07, 6.45) is 0. The van der Waals surface area contributed by atoms with E-state index in [0.717, 1.165) is 17.3 Å². The molecule has 1 N–H and O–H groups in total. The molecule has 0 radical (unpaired) electrons. The highest BCUT2D eigenvalue weighted by Gasteiger charge is 2.25. The molecule has 1 aromatic rings. The van der Waals surface area contributed by atoms with Gasteiger partial charge < -0.3 is 5.32 Å². The van der Waals surface area contributed by atoms with Crippen molar-refractivity contribution < 1.29 is 13.2 Å². The fraction of sp³-hybridized carbons (Fsp3) is 0.562. The number of hydrogen-bond acceptors (Lipinski definition) is 5. The first-order chi connectivity index (χ1) is 11.4. The molecule has 1 aliphatic heterocycles. The summed E-state index contributed by atoms with van der Waals surface area (Å²) in [5.74, 6) is 2.79. The highest BCUT2D eigenvalue weighted by Crippen LogP contribution is 2.27. The van der Waals surface area contributed by atoms with E-state index in [1.165, 1.54) is 4.31 Å². The molecule has 1 heterocycles. The van der Waals surface area contributed by atoms with Gasteiger partial charge in [0.05, 0.1) is 10.1 Å². The number of anilines is 1. The molecule has 0 aliphatic carbocycles. The fourth-order valence-corrected chi connectivity index (χ4v) is 6.79. The summed E-state index contributed by atoms with van der Waals surface area (Å²) in [5, 5.41) is 2.79. The number of benzene rings is 1. The van der Waals surface area contributed by atoms with Crippen molar-refractivity contribution in [2.24, 2.45) is 0 Å². The van der Waals surface area contributed by atoms with E-state index in [0.29, 0.717) is 24.3 Å². The lowest BCUT2D eigenvalue weighted by Gasteiger charge is -2.22. The molecule has 1 fully saturated rings. The van der Waals surface area contributed by atoms with E-state index in [-0.39, 0.29) is 16.1 Å². The van der Waals surface area contributed by atoms with Crippen LogP contribution in [0.2, 0.25) is 0 Å². The van der Waals surface area contributed by atoms with Gasteiger partial charge in [-0.05, 0) is 24.6 Å². The maximum atomic E-state index is 12.8. The van der Waals surface area contributed by atoms with Crippen LogP contribution in [0.5, 0.6) is 0 Å². The van der Waals surface area contributed by atoms with E-state index >= 15 is 0 Å². The Hall–Kier alpha value is -0.700. The molecule has 5 nitrogen and oxygen atoms in total. The van der Waals surface area contributed by atoms with Crippen LogP contribution in [0.3, 0.4) is 0 Å². The highest BCUT2D eigenvalue weighted by atomic mass is 32.2. The Morgan fingerprint density at radius 2 is 2.00 bits per heavy atom. The molecule has 1 saturated heterocycles. The number of sulfonamides is 1. The Balaban J connectivity index is 2.23. The first kappa shape index (κ1) is 19.6. The van der Waals surface area contributed by atoms with Crippen LogP contribution < -0.4 is 5.32 Å². The van der Waals surface area contributed by atoms with Crippen molar-refractivity contribution in [2.75, 3.05) is 35.7 Å². The molecule has 1 atom stereocenters. The van der Waals surface area contributed by atoms with Gasteiger partial charge >= 0.3 is 0 Å². The van der Waals surface area contributed by atoms with Gasteiger partial charge in [0.2, 0.25) is 15.9 Å². The minimum atomic E-state index is -3.54. The van der Waals surface area contributed by atoms with Gasteiger partial charge in [-0.15, -0.1) is 11.8 Å². The molecule has 0 spiro atoms. The molecular formula is C16H24N2O3S3. The van der Waals surface area contributed by atoms with Crippen molar-refractivity contribution in [1.29, 1.82) is 0 Å². The quantitative estimate of drug-likeness (QED) is 0.812. The number of nitrogens with one attached hydrogen (secondary N) is 1. The summed E-state index contributed by atoms with van der Waals surface area (Å²) in [6, 6.07) is 5.07. The van der Waals surface area contributed by atoms with E-state index < -0.39 is 10.0 Å². The van der Waals surface area contributed by atoms with Gasteiger partial charge in [-0.25, -0.2) is 8.42 Å². The SMILES string of the molecule is CCN(CC)S(=O)(=O)c1cc(NC(=O)C2CSCCS2)ccc1C. The third-order valence-corrected chi connectivity index (χ3v) is 8.83. The Kier molecular flexibility index (Phi) is 7.03. The topological polar surface area (TPSA) is 66.5 Å². The van der Waals surface area contributed by atoms with Crippen molar-refractivity contribution in [2.45, 2.75) is 30.9 Å². The normalized spacial score (nSPS) is 18.6. The van der Waals surface area contributed by atoms with Crippen molar-refractivity contribution in [3.63, 3.8) is 0 Å². The number of amides is 1. The molecule has 2 rings (SSSR count). The number of nitrogens with zero attached hydrogens (tertiary/aromatic N) is 1. The molecule has 24 heavy (non-hydrogen) atoms. The number of hydrogen-bond donors (Lipinski definition) is 1. The fourth-order valence-electron chi connectivity index (χ4n) is 2.52. The van der Waals surface area contributed by atoms with E-state index in [4.69, 9.17) is 0 Å². The Labute approximate surface area is 153 Å². The molecule has 1 aromatic carbocycles. The maximum absolute atomic E-state index is 12.8. The summed E-state index contributed by atoms with van der Waals surface area (Å²) < 4.78 is 26.9. The van der Waals surface area contributed by atoms with E-state index in [1.807, 2.05) is 13.8 Å². The predicted molar refractivity (Wildman–Crippen MR) is 103 cm³/mol. The van der Waals surface area contributed by atoms with Crippen LogP contribution in [-0.4, -0.2) is 54.2 Å². The van der Waals surface area contributed by atoms with Gasteiger partial charge in [0.15, 0.2) is 0 Å². The third kappa shape index (κ3) is 4.47. The van der Waals surface area contributed by atoms with Crippen molar-refractivity contribution >= 4 is 45.1 Å². The number of carbonyl (C=O) groups is 1. The maximum Gasteiger partial charge on any atom is 0.243 e. The van der Waals surface area contributed by atoms with E-state index in [9.17, 15) is 13.2 Å². The standard InChI is InChI=1S/C16H24N2O3S3/c1-4-18(5-2)24(20,21)15-10-13(7-6-12(15)3)17-16(19)14-11-22-8-9-23-14/h6-7,10,14H,4-5,8-9,11H2,1-3H3,(H,17,19). The zero-order chi connectivity index (χ0) is 17.7. The van der Waals surface area contributed by atoms with Crippen molar-refractivity contribution in [3.8, 4) is 0 Å². The van der Waals surface area contributed by atoms with Crippen LogP contribution >= 0.6 is 23.5 Å². The molecule has 1 aliphatic rings. The zero-order valence-electron chi connectivity index (χ0n) is 14.2. The Morgan fingerprint density at radius 3 is 2.58 bits per heavy atom. The summed E-state index contributed by atoms with van der Waals surface area (Å²) >= 11 is 3.43. The van der Waals surface area contributed by atoms with Gasteiger partial charge in [-0.3, -0.25) is 4.79 Å². The largest absolute Gasteiger partial charge is 0.325 e. The Bertz CT molecular complexity index is 682. The lowest BCUT2D eigenvalue weighted by atomic mass is 10.2. The Morgan fingerprint density at radius 1 is 1.29 bits per heavy atom. The van der Waals surface area contributed by atoms with E-state index in [1.54, 1.807) is 48.6 Å². The summed E-state index contributed by atoms with van der Waals surface area (Å²) in [4.78, 5) is 12.6. The number of carbonyl (C=O) groups excluding carboxylic acids is 1.